The maximum absolute atomic E-state index is 13.3. The van der Waals surface area contributed by atoms with Crippen molar-refractivity contribution in [1.29, 1.82) is 0 Å². The summed E-state index contributed by atoms with van der Waals surface area (Å²) in [5, 5.41) is 13.0. The van der Waals surface area contributed by atoms with Crippen LogP contribution in [0.2, 0.25) is 0 Å². The molecule has 18 heavy (non-hydrogen) atoms. The first-order chi connectivity index (χ1) is 8.53. The lowest BCUT2D eigenvalue weighted by Crippen LogP contribution is -2.45. The Hall–Kier alpha value is -1.29. The molecule has 2 rings (SSSR count). The average Bonchev–Trinajstić information content (AvgIpc) is 2.27. The molecule has 1 aliphatic rings. The van der Waals surface area contributed by atoms with Gasteiger partial charge in [-0.1, -0.05) is 19.8 Å². The van der Waals surface area contributed by atoms with E-state index in [4.69, 9.17) is 5.73 Å². The van der Waals surface area contributed by atoms with Crippen LogP contribution in [0.1, 0.15) is 32.6 Å². The van der Waals surface area contributed by atoms with Crippen molar-refractivity contribution >= 4 is 11.4 Å². The fourth-order valence-corrected chi connectivity index (χ4v) is 2.95. The number of hydrogen-bond donors (Lipinski definition) is 3. The number of nitrogen functional groups attached to an aromatic ring is 1. The van der Waals surface area contributed by atoms with Crippen molar-refractivity contribution in [3.05, 3.63) is 24.0 Å². The number of rotatable bonds is 3. The van der Waals surface area contributed by atoms with E-state index >= 15 is 0 Å². The van der Waals surface area contributed by atoms with Crippen molar-refractivity contribution in [1.82, 2.24) is 0 Å². The van der Waals surface area contributed by atoms with E-state index in [1.807, 2.05) is 0 Å². The van der Waals surface area contributed by atoms with E-state index in [9.17, 15) is 9.50 Å². The average molecular weight is 252 g/mol. The van der Waals surface area contributed by atoms with Gasteiger partial charge in [0.25, 0.3) is 0 Å². The monoisotopic (exact) mass is 252 g/mol. The number of nitrogens with one attached hydrogen (secondary N) is 1. The molecule has 100 valence electrons. The summed E-state index contributed by atoms with van der Waals surface area (Å²) >= 11 is 0. The predicted octanol–water partition coefficient (Wildman–Crippen LogP) is 2.76. The minimum Gasteiger partial charge on any atom is -0.399 e. The van der Waals surface area contributed by atoms with Gasteiger partial charge in [0.2, 0.25) is 0 Å². The highest BCUT2D eigenvalue weighted by Gasteiger charge is 2.34. The van der Waals surface area contributed by atoms with Crippen LogP contribution in [-0.4, -0.2) is 17.3 Å². The Kier molecular flexibility index (Phi) is 3.76. The predicted molar refractivity (Wildman–Crippen MR) is 71.9 cm³/mol. The smallest absolute Gasteiger partial charge is 0.127 e. The first kappa shape index (κ1) is 13.1. The molecule has 0 aromatic heterocycles. The van der Waals surface area contributed by atoms with Crippen LogP contribution in [0.25, 0.3) is 0 Å². The zero-order valence-electron chi connectivity index (χ0n) is 10.7. The van der Waals surface area contributed by atoms with Gasteiger partial charge in [-0.2, -0.15) is 0 Å². The van der Waals surface area contributed by atoms with Gasteiger partial charge in [-0.05, 0) is 37.0 Å². The first-order valence-electron chi connectivity index (χ1n) is 6.48. The molecular weight excluding hydrogens is 231 g/mol. The second-order valence-electron chi connectivity index (χ2n) is 5.54. The summed E-state index contributed by atoms with van der Waals surface area (Å²) in [7, 11) is 0. The largest absolute Gasteiger partial charge is 0.399 e. The fourth-order valence-electron chi connectivity index (χ4n) is 2.95. The fraction of sp³-hybridized carbons (Fsp3) is 0.571. The van der Waals surface area contributed by atoms with E-state index in [-0.39, 0.29) is 18.0 Å². The molecule has 0 spiro atoms. The van der Waals surface area contributed by atoms with Crippen molar-refractivity contribution in [2.75, 3.05) is 17.7 Å². The highest BCUT2D eigenvalue weighted by molar-refractivity contribution is 5.56. The lowest BCUT2D eigenvalue weighted by Gasteiger charge is -2.40. The van der Waals surface area contributed by atoms with Gasteiger partial charge >= 0.3 is 0 Å². The number of aliphatic hydroxyl groups is 1. The molecule has 0 aliphatic heterocycles. The lowest BCUT2D eigenvalue weighted by molar-refractivity contribution is 0.149. The van der Waals surface area contributed by atoms with Crippen molar-refractivity contribution in [2.24, 2.45) is 5.92 Å². The molecule has 0 radical (unpaired) electrons. The van der Waals surface area contributed by atoms with Crippen LogP contribution in [0, 0.1) is 11.7 Å². The molecule has 2 unspecified atom stereocenters. The SMILES string of the molecule is CC1CCCC(CO)(Nc2cc(N)cc(F)c2)C1. The number of anilines is 2. The normalized spacial score (nSPS) is 28.1. The van der Waals surface area contributed by atoms with E-state index in [0.29, 0.717) is 17.3 Å². The minimum absolute atomic E-state index is 0.0633. The van der Waals surface area contributed by atoms with Gasteiger partial charge in [-0.3, -0.25) is 0 Å². The molecule has 4 heteroatoms. The maximum atomic E-state index is 13.3. The Morgan fingerprint density at radius 1 is 1.50 bits per heavy atom. The zero-order valence-corrected chi connectivity index (χ0v) is 10.7. The zero-order chi connectivity index (χ0) is 13.2. The van der Waals surface area contributed by atoms with Gasteiger partial charge in [-0.25, -0.2) is 4.39 Å². The Bertz CT molecular complexity index is 404. The molecule has 1 saturated carbocycles. The van der Waals surface area contributed by atoms with Gasteiger partial charge < -0.3 is 16.2 Å². The molecule has 2 atom stereocenters. The number of aliphatic hydroxyl groups excluding tert-OH is 1. The third-order valence-electron chi connectivity index (χ3n) is 3.72. The van der Waals surface area contributed by atoms with Crippen LogP contribution < -0.4 is 11.1 Å². The Morgan fingerprint density at radius 3 is 2.89 bits per heavy atom. The van der Waals surface area contributed by atoms with Crippen LogP contribution in [-0.2, 0) is 0 Å². The summed E-state index contributed by atoms with van der Waals surface area (Å²) in [6, 6.07) is 4.42. The summed E-state index contributed by atoms with van der Waals surface area (Å²) in [6.07, 6.45) is 4.08. The summed E-state index contributed by atoms with van der Waals surface area (Å²) in [6.45, 7) is 2.25. The molecule has 0 heterocycles. The number of benzene rings is 1. The number of hydrogen-bond acceptors (Lipinski definition) is 3. The Labute approximate surface area is 107 Å². The van der Waals surface area contributed by atoms with Crippen molar-refractivity contribution < 1.29 is 9.50 Å². The highest BCUT2D eigenvalue weighted by Crippen LogP contribution is 2.35. The van der Waals surface area contributed by atoms with Gasteiger partial charge in [-0.15, -0.1) is 0 Å². The van der Waals surface area contributed by atoms with Crippen LogP contribution in [0.4, 0.5) is 15.8 Å². The summed E-state index contributed by atoms with van der Waals surface area (Å²) in [5.74, 6) is 0.221. The summed E-state index contributed by atoms with van der Waals surface area (Å²) in [4.78, 5) is 0. The Morgan fingerprint density at radius 2 is 2.28 bits per heavy atom. The summed E-state index contributed by atoms with van der Waals surface area (Å²) in [5.41, 5.74) is 6.34. The van der Waals surface area contributed by atoms with Crippen LogP contribution in [0.5, 0.6) is 0 Å². The van der Waals surface area contributed by atoms with Crippen molar-refractivity contribution in [3.8, 4) is 0 Å². The molecule has 0 amide bonds. The molecule has 4 N–H and O–H groups in total. The first-order valence-corrected chi connectivity index (χ1v) is 6.48. The second kappa shape index (κ2) is 5.14. The number of nitrogens with two attached hydrogens (primary N) is 1. The van der Waals surface area contributed by atoms with Crippen LogP contribution in [0.15, 0.2) is 18.2 Å². The molecule has 1 aromatic carbocycles. The van der Waals surface area contributed by atoms with E-state index in [0.717, 1.165) is 19.3 Å². The van der Waals surface area contributed by atoms with Gasteiger partial charge in [0.1, 0.15) is 5.82 Å². The van der Waals surface area contributed by atoms with Crippen LogP contribution >= 0.6 is 0 Å². The third-order valence-corrected chi connectivity index (χ3v) is 3.72. The minimum atomic E-state index is -0.352. The van der Waals surface area contributed by atoms with Gasteiger partial charge in [0.05, 0.1) is 12.1 Å². The molecule has 1 aromatic rings. The Balaban J connectivity index is 2.18. The number of halogens is 1. The van der Waals surface area contributed by atoms with E-state index in [1.54, 1.807) is 6.07 Å². The molecule has 0 bridgehead atoms. The topological polar surface area (TPSA) is 58.3 Å². The molecule has 3 nitrogen and oxygen atoms in total. The molecular formula is C14H21FN2O. The quantitative estimate of drug-likeness (QED) is 0.725. The van der Waals surface area contributed by atoms with Gasteiger partial charge in [0, 0.05) is 11.4 Å². The third kappa shape index (κ3) is 2.93. The van der Waals surface area contributed by atoms with E-state index in [2.05, 4.69) is 12.2 Å². The standard InChI is InChI=1S/C14H21FN2O/c1-10-3-2-4-14(8-10,9-18)17-13-6-11(15)5-12(16)7-13/h5-7,10,17-18H,2-4,8-9,16H2,1H3. The highest BCUT2D eigenvalue weighted by atomic mass is 19.1. The van der Waals surface area contributed by atoms with E-state index in [1.165, 1.54) is 18.6 Å². The molecule has 0 saturated heterocycles. The van der Waals surface area contributed by atoms with E-state index < -0.39 is 0 Å². The van der Waals surface area contributed by atoms with Crippen molar-refractivity contribution in [3.63, 3.8) is 0 Å². The molecule has 1 fully saturated rings. The lowest BCUT2D eigenvalue weighted by atomic mass is 9.76. The van der Waals surface area contributed by atoms with Gasteiger partial charge in [0.15, 0.2) is 0 Å². The van der Waals surface area contributed by atoms with Crippen molar-refractivity contribution in [2.45, 2.75) is 38.1 Å². The van der Waals surface area contributed by atoms with Crippen LogP contribution in [0.3, 0.4) is 0 Å². The molecule has 1 aliphatic carbocycles. The summed E-state index contributed by atoms with van der Waals surface area (Å²) < 4.78 is 13.3. The second-order valence-corrected chi connectivity index (χ2v) is 5.54. The maximum Gasteiger partial charge on any atom is 0.127 e.